The Balaban J connectivity index is 2.61. The number of hydrogen-bond acceptors (Lipinski definition) is 3. The first-order valence-electron chi connectivity index (χ1n) is 8.43. The third-order valence-electron chi connectivity index (χ3n) is 3.69. The maximum Gasteiger partial charge on any atom is 0.417 e. The number of hydrogen-bond donors (Lipinski definition) is 0. The molecule has 0 spiro atoms. The van der Waals surface area contributed by atoms with E-state index in [0.29, 0.717) is 13.0 Å². The molecular weight excluding hydrogens is 266 g/mol. The summed E-state index contributed by atoms with van der Waals surface area (Å²) in [5.41, 5.74) is -0.557. The second-order valence-electron chi connectivity index (χ2n) is 6.96. The van der Waals surface area contributed by atoms with E-state index in [-0.39, 0.29) is 5.91 Å². The Labute approximate surface area is 129 Å². The van der Waals surface area contributed by atoms with Crippen molar-refractivity contribution in [3.05, 3.63) is 0 Å². The molecule has 0 saturated carbocycles. The van der Waals surface area contributed by atoms with Gasteiger partial charge in [-0.1, -0.05) is 44.9 Å². The van der Waals surface area contributed by atoms with E-state index in [1.54, 1.807) is 0 Å². The number of ether oxygens (including phenoxy) is 1. The van der Waals surface area contributed by atoms with E-state index in [0.717, 1.165) is 25.7 Å². The fourth-order valence-electron chi connectivity index (χ4n) is 2.55. The van der Waals surface area contributed by atoms with Gasteiger partial charge < -0.3 is 4.74 Å². The molecule has 0 aromatic carbocycles. The molecule has 0 unspecified atom stereocenters. The molecule has 4 heteroatoms. The predicted octanol–water partition coefficient (Wildman–Crippen LogP) is 4.66. The minimum absolute atomic E-state index is 0.0801. The van der Waals surface area contributed by atoms with Crippen LogP contribution in [0.1, 0.15) is 85.0 Å². The number of rotatable bonds is 0. The smallest absolute Gasteiger partial charge is 0.417 e. The average molecular weight is 297 g/mol. The highest BCUT2D eigenvalue weighted by molar-refractivity contribution is 5.92. The third-order valence-corrected chi connectivity index (χ3v) is 3.69. The van der Waals surface area contributed by atoms with Gasteiger partial charge >= 0.3 is 6.09 Å². The van der Waals surface area contributed by atoms with Gasteiger partial charge in [-0.2, -0.15) is 0 Å². The Bertz CT molecular complexity index is 333. The third kappa shape index (κ3) is 8.08. The monoisotopic (exact) mass is 297 g/mol. The normalized spacial score (nSPS) is 20.1. The molecule has 2 amide bonds. The van der Waals surface area contributed by atoms with Crippen LogP contribution in [0.4, 0.5) is 4.79 Å². The van der Waals surface area contributed by atoms with Crippen LogP contribution < -0.4 is 0 Å². The molecule has 0 atom stereocenters. The first-order chi connectivity index (χ1) is 9.90. The van der Waals surface area contributed by atoms with E-state index in [2.05, 4.69) is 0 Å². The molecule has 122 valence electrons. The van der Waals surface area contributed by atoms with Gasteiger partial charge in [-0.25, -0.2) is 9.69 Å². The number of carbonyl (C=O) groups excluding carboxylic acids is 2. The van der Waals surface area contributed by atoms with Gasteiger partial charge in [-0.15, -0.1) is 0 Å². The molecule has 4 nitrogen and oxygen atoms in total. The van der Waals surface area contributed by atoms with Gasteiger partial charge in [0.05, 0.1) is 0 Å². The number of nitrogens with zero attached hydrogens (tertiary/aromatic N) is 1. The standard InChI is InChI=1S/C17H31NO3/c1-17(2,3)21-16(20)18-14-12-10-8-6-4-5-7-9-11-13-15(18)19/h4-14H2,1-3H3. The first kappa shape index (κ1) is 18.0. The van der Waals surface area contributed by atoms with Crippen LogP contribution in [0.25, 0.3) is 0 Å². The first-order valence-corrected chi connectivity index (χ1v) is 8.43. The molecule has 0 aliphatic carbocycles. The molecule has 0 aromatic heterocycles. The Morgan fingerprint density at radius 3 is 1.90 bits per heavy atom. The summed E-state index contributed by atoms with van der Waals surface area (Å²) in [7, 11) is 0. The molecular formula is C17H31NO3. The van der Waals surface area contributed by atoms with Crippen LogP contribution in [0.3, 0.4) is 0 Å². The highest BCUT2D eigenvalue weighted by atomic mass is 16.6. The lowest BCUT2D eigenvalue weighted by Crippen LogP contribution is -2.41. The Kier molecular flexibility index (Phi) is 7.76. The van der Waals surface area contributed by atoms with E-state index < -0.39 is 11.7 Å². The van der Waals surface area contributed by atoms with Crippen LogP contribution in [-0.4, -0.2) is 29.0 Å². The summed E-state index contributed by atoms with van der Waals surface area (Å²) >= 11 is 0. The summed E-state index contributed by atoms with van der Waals surface area (Å²) < 4.78 is 5.36. The number of imide groups is 1. The SMILES string of the molecule is CC(C)(C)OC(=O)N1CCCCCCCCCCCC1=O. The Morgan fingerprint density at radius 2 is 1.38 bits per heavy atom. The summed E-state index contributed by atoms with van der Waals surface area (Å²) in [6.45, 7) is 5.98. The van der Waals surface area contributed by atoms with E-state index in [4.69, 9.17) is 4.74 Å². The van der Waals surface area contributed by atoms with Crippen LogP contribution in [0, 0.1) is 0 Å². The zero-order valence-corrected chi connectivity index (χ0v) is 14.0. The Hall–Kier alpha value is -1.06. The summed E-state index contributed by atoms with van der Waals surface area (Å²) in [4.78, 5) is 25.8. The van der Waals surface area contributed by atoms with Gasteiger partial charge in [0.1, 0.15) is 5.60 Å². The largest absolute Gasteiger partial charge is 0.443 e. The van der Waals surface area contributed by atoms with E-state index in [1.807, 2.05) is 20.8 Å². The van der Waals surface area contributed by atoms with E-state index in [1.165, 1.54) is 37.0 Å². The average Bonchev–Trinajstić information content (AvgIpc) is 2.38. The maximum absolute atomic E-state index is 12.3. The van der Waals surface area contributed by atoms with Crippen molar-refractivity contribution in [3.63, 3.8) is 0 Å². The van der Waals surface area contributed by atoms with E-state index in [9.17, 15) is 9.59 Å². The van der Waals surface area contributed by atoms with Crippen molar-refractivity contribution in [1.82, 2.24) is 4.90 Å². The number of amides is 2. The fraction of sp³-hybridized carbons (Fsp3) is 0.882. The van der Waals surface area contributed by atoms with Crippen molar-refractivity contribution in [1.29, 1.82) is 0 Å². The van der Waals surface area contributed by atoms with Crippen LogP contribution in [0.5, 0.6) is 0 Å². The van der Waals surface area contributed by atoms with E-state index >= 15 is 0 Å². The maximum atomic E-state index is 12.3. The fourth-order valence-corrected chi connectivity index (χ4v) is 2.55. The molecule has 0 radical (unpaired) electrons. The molecule has 1 saturated heterocycles. The van der Waals surface area contributed by atoms with Crippen LogP contribution in [0.15, 0.2) is 0 Å². The summed E-state index contributed by atoms with van der Waals surface area (Å²) in [6, 6.07) is 0. The molecule has 1 aliphatic heterocycles. The van der Waals surface area contributed by atoms with Crippen molar-refractivity contribution < 1.29 is 14.3 Å². The van der Waals surface area contributed by atoms with Crippen molar-refractivity contribution in [3.8, 4) is 0 Å². The van der Waals surface area contributed by atoms with Gasteiger partial charge in [-0.3, -0.25) is 4.79 Å². The minimum atomic E-state index is -0.557. The van der Waals surface area contributed by atoms with Crippen molar-refractivity contribution in [2.24, 2.45) is 0 Å². The van der Waals surface area contributed by atoms with Gasteiger partial charge in [0.15, 0.2) is 0 Å². The Morgan fingerprint density at radius 1 is 0.905 bits per heavy atom. The predicted molar refractivity (Wildman–Crippen MR) is 84.1 cm³/mol. The van der Waals surface area contributed by atoms with Crippen LogP contribution in [0.2, 0.25) is 0 Å². The van der Waals surface area contributed by atoms with Gasteiger partial charge in [0.25, 0.3) is 0 Å². The molecule has 21 heavy (non-hydrogen) atoms. The van der Waals surface area contributed by atoms with Crippen molar-refractivity contribution >= 4 is 12.0 Å². The summed E-state index contributed by atoms with van der Waals surface area (Å²) in [5, 5.41) is 0. The highest BCUT2D eigenvalue weighted by Crippen LogP contribution is 2.16. The summed E-state index contributed by atoms with van der Waals surface area (Å²) in [5.74, 6) is -0.0801. The molecule has 1 aliphatic rings. The highest BCUT2D eigenvalue weighted by Gasteiger charge is 2.26. The molecule has 1 fully saturated rings. The lowest BCUT2D eigenvalue weighted by atomic mass is 10.1. The van der Waals surface area contributed by atoms with Crippen LogP contribution in [-0.2, 0) is 9.53 Å². The van der Waals surface area contributed by atoms with Crippen LogP contribution >= 0.6 is 0 Å². The second kappa shape index (κ2) is 9.06. The van der Waals surface area contributed by atoms with Crippen molar-refractivity contribution in [2.45, 2.75) is 90.6 Å². The quantitative estimate of drug-likeness (QED) is 0.653. The number of carbonyl (C=O) groups is 2. The van der Waals surface area contributed by atoms with Gasteiger partial charge in [0.2, 0.25) is 5.91 Å². The molecule has 0 N–H and O–H groups in total. The molecule has 0 aromatic rings. The molecule has 1 heterocycles. The van der Waals surface area contributed by atoms with Crippen molar-refractivity contribution in [2.75, 3.05) is 6.54 Å². The minimum Gasteiger partial charge on any atom is -0.443 e. The topological polar surface area (TPSA) is 46.6 Å². The van der Waals surface area contributed by atoms with Gasteiger partial charge in [-0.05, 0) is 33.6 Å². The van der Waals surface area contributed by atoms with Gasteiger partial charge in [0, 0.05) is 13.0 Å². The molecule has 0 bridgehead atoms. The molecule has 1 rings (SSSR count). The zero-order valence-electron chi connectivity index (χ0n) is 14.0. The lowest BCUT2D eigenvalue weighted by molar-refractivity contribution is -0.130. The second-order valence-corrected chi connectivity index (χ2v) is 6.96. The summed E-state index contributed by atoms with van der Waals surface area (Å²) in [6.07, 6.45) is 10.1. The lowest BCUT2D eigenvalue weighted by Gasteiger charge is -2.26. The zero-order chi connectivity index (χ0) is 15.7.